The molecule has 0 heterocycles. The highest BCUT2D eigenvalue weighted by molar-refractivity contribution is 7.92. The number of nitrogens with one attached hydrogen (secondary N) is 2. The first-order valence-electron chi connectivity index (χ1n) is 9.84. The summed E-state index contributed by atoms with van der Waals surface area (Å²) in [5.74, 6) is 0.278. The first-order valence-corrected chi connectivity index (χ1v) is 11.3. The molecule has 0 fully saturated rings. The van der Waals surface area contributed by atoms with Gasteiger partial charge in [-0.2, -0.15) is 0 Å². The van der Waals surface area contributed by atoms with Crippen LogP contribution in [-0.2, 0) is 10.0 Å². The number of carbonyl (C=O) groups excluding carboxylic acids is 1. The van der Waals surface area contributed by atoms with Crippen molar-refractivity contribution in [3.8, 4) is 0 Å². The summed E-state index contributed by atoms with van der Waals surface area (Å²) >= 11 is 0. The molecule has 2 rings (SSSR count). The van der Waals surface area contributed by atoms with Crippen LogP contribution < -0.4 is 10.0 Å². The van der Waals surface area contributed by atoms with Gasteiger partial charge in [-0.15, -0.1) is 0 Å². The Hall–Kier alpha value is -2.34. The van der Waals surface area contributed by atoms with Gasteiger partial charge in [-0.3, -0.25) is 9.52 Å². The van der Waals surface area contributed by atoms with E-state index in [-0.39, 0.29) is 10.8 Å². The molecule has 1 amide bonds. The van der Waals surface area contributed by atoms with Crippen LogP contribution in [0.4, 0.5) is 5.69 Å². The maximum absolute atomic E-state index is 12.6. The monoisotopic (exact) mass is 402 g/mol. The lowest BCUT2D eigenvalue weighted by Crippen LogP contribution is -2.29. The van der Waals surface area contributed by atoms with Crippen LogP contribution >= 0.6 is 0 Å². The van der Waals surface area contributed by atoms with E-state index >= 15 is 0 Å². The highest BCUT2D eigenvalue weighted by Gasteiger charge is 2.17. The fourth-order valence-electron chi connectivity index (χ4n) is 2.96. The molecule has 0 aliphatic rings. The highest BCUT2D eigenvalue weighted by atomic mass is 32.2. The number of carbonyl (C=O) groups is 1. The maximum Gasteiger partial charge on any atom is 0.261 e. The van der Waals surface area contributed by atoms with Crippen LogP contribution in [-0.4, -0.2) is 20.9 Å². The van der Waals surface area contributed by atoms with E-state index < -0.39 is 10.0 Å². The van der Waals surface area contributed by atoms with Crippen LogP contribution in [0.5, 0.6) is 0 Å². The molecular weight excluding hydrogens is 372 g/mol. The lowest BCUT2D eigenvalue weighted by atomic mass is 9.99. The average Bonchev–Trinajstić information content (AvgIpc) is 2.70. The number of benzene rings is 2. The zero-order valence-corrected chi connectivity index (χ0v) is 17.7. The molecule has 1 atom stereocenters. The molecule has 6 heteroatoms. The second kappa shape index (κ2) is 10.3. The molecule has 0 saturated heterocycles. The van der Waals surface area contributed by atoms with E-state index in [1.54, 1.807) is 36.4 Å². The summed E-state index contributed by atoms with van der Waals surface area (Å²) in [5, 5.41) is 2.98. The molecule has 0 aromatic heterocycles. The van der Waals surface area contributed by atoms with E-state index in [1.807, 2.05) is 6.92 Å². The molecule has 0 aliphatic heterocycles. The zero-order chi connectivity index (χ0) is 20.6. The number of amides is 1. The summed E-state index contributed by atoms with van der Waals surface area (Å²) in [6.07, 6.45) is 4.43. The lowest BCUT2D eigenvalue weighted by molar-refractivity contribution is 0.0946. The van der Waals surface area contributed by atoms with Crippen LogP contribution in [0.1, 0.15) is 55.5 Å². The Morgan fingerprint density at radius 2 is 1.79 bits per heavy atom. The number of unbranched alkanes of at least 4 members (excludes halogenated alkanes) is 1. The Labute approximate surface area is 168 Å². The fourth-order valence-corrected chi connectivity index (χ4v) is 4.10. The smallest absolute Gasteiger partial charge is 0.261 e. The van der Waals surface area contributed by atoms with Crippen LogP contribution in [0.2, 0.25) is 0 Å². The quantitative estimate of drug-likeness (QED) is 0.603. The van der Waals surface area contributed by atoms with Crippen molar-refractivity contribution in [3.63, 3.8) is 0 Å². The van der Waals surface area contributed by atoms with Crippen LogP contribution in [0.15, 0.2) is 53.4 Å². The number of rotatable bonds is 10. The van der Waals surface area contributed by atoms with Crippen molar-refractivity contribution >= 4 is 21.6 Å². The summed E-state index contributed by atoms with van der Waals surface area (Å²) in [7, 11) is -3.70. The minimum atomic E-state index is -3.70. The highest BCUT2D eigenvalue weighted by Crippen LogP contribution is 2.21. The predicted molar refractivity (Wildman–Crippen MR) is 114 cm³/mol. The second-order valence-corrected chi connectivity index (χ2v) is 8.76. The van der Waals surface area contributed by atoms with Crippen molar-refractivity contribution in [3.05, 3.63) is 59.7 Å². The number of anilines is 1. The standard InChI is InChI=1S/C22H30N2O3S/c1-4-6-10-18(5-2)16-23-22(25)19-14-13-17(3)21(15-19)24-28(26,27)20-11-8-7-9-12-20/h7-9,11-15,18,24H,4-6,10,16H2,1-3H3,(H,23,25). The number of hydrogen-bond donors (Lipinski definition) is 2. The summed E-state index contributed by atoms with van der Waals surface area (Å²) in [6.45, 7) is 6.74. The van der Waals surface area contributed by atoms with E-state index in [0.717, 1.165) is 31.2 Å². The molecular formula is C22H30N2O3S. The van der Waals surface area contributed by atoms with Crippen LogP contribution in [0, 0.1) is 12.8 Å². The molecule has 0 spiro atoms. The van der Waals surface area contributed by atoms with Crippen molar-refractivity contribution in [1.82, 2.24) is 5.32 Å². The minimum absolute atomic E-state index is 0.185. The predicted octanol–water partition coefficient (Wildman–Crippen LogP) is 4.74. The first kappa shape index (κ1) is 22.0. The van der Waals surface area contributed by atoms with Crippen molar-refractivity contribution in [2.45, 2.75) is 51.3 Å². The van der Waals surface area contributed by atoms with Gasteiger partial charge in [0.25, 0.3) is 15.9 Å². The molecule has 0 bridgehead atoms. The maximum atomic E-state index is 12.6. The van der Waals surface area contributed by atoms with Crippen LogP contribution in [0.3, 0.4) is 0 Å². The number of aryl methyl sites for hydroxylation is 1. The molecule has 28 heavy (non-hydrogen) atoms. The van der Waals surface area contributed by atoms with Gasteiger partial charge < -0.3 is 5.32 Å². The van der Waals surface area contributed by atoms with E-state index in [1.165, 1.54) is 12.1 Å². The van der Waals surface area contributed by atoms with Gasteiger partial charge in [-0.1, -0.05) is 57.4 Å². The lowest BCUT2D eigenvalue weighted by Gasteiger charge is -2.16. The third-order valence-electron chi connectivity index (χ3n) is 4.89. The summed E-state index contributed by atoms with van der Waals surface area (Å²) in [6, 6.07) is 13.3. The topological polar surface area (TPSA) is 75.3 Å². The SMILES string of the molecule is CCCCC(CC)CNC(=O)c1ccc(C)c(NS(=O)(=O)c2ccccc2)c1. The number of hydrogen-bond acceptors (Lipinski definition) is 3. The van der Waals surface area contributed by atoms with E-state index in [9.17, 15) is 13.2 Å². The molecule has 1 unspecified atom stereocenters. The second-order valence-electron chi connectivity index (χ2n) is 7.07. The van der Waals surface area contributed by atoms with Crippen molar-refractivity contribution in [2.75, 3.05) is 11.3 Å². The van der Waals surface area contributed by atoms with Crippen molar-refractivity contribution < 1.29 is 13.2 Å². The van der Waals surface area contributed by atoms with Crippen molar-refractivity contribution in [1.29, 1.82) is 0 Å². The van der Waals surface area contributed by atoms with E-state index in [2.05, 4.69) is 23.9 Å². The van der Waals surface area contributed by atoms with E-state index in [4.69, 9.17) is 0 Å². The molecule has 2 N–H and O–H groups in total. The fraction of sp³-hybridized carbons (Fsp3) is 0.409. The van der Waals surface area contributed by atoms with Gasteiger partial charge in [0.2, 0.25) is 0 Å². The van der Waals surface area contributed by atoms with Gasteiger partial charge in [-0.25, -0.2) is 8.42 Å². The molecule has 0 saturated carbocycles. The Morgan fingerprint density at radius 3 is 2.43 bits per heavy atom. The average molecular weight is 403 g/mol. The largest absolute Gasteiger partial charge is 0.352 e. The van der Waals surface area contributed by atoms with Gasteiger partial charge in [0.1, 0.15) is 0 Å². The summed E-state index contributed by atoms with van der Waals surface area (Å²) in [4.78, 5) is 12.7. The molecule has 5 nitrogen and oxygen atoms in total. The molecule has 0 radical (unpaired) electrons. The Morgan fingerprint density at radius 1 is 1.07 bits per heavy atom. The number of sulfonamides is 1. The summed E-state index contributed by atoms with van der Waals surface area (Å²) < 4.78 is 27.7. The van der Waals surface area contributed by atoms with Gasteiger partial charge in [0.05, 0.1) is 10.6 Å². The van der Waals surface area contributed by atoms with Gasteiger partial charge in [0, 0.05) is 12.1 Å². The normalized spacial score (nSPS) is 12.4. The molecule has 0 aliphatic carbocycles. The first-order chi connectivity index (χ1) is 13.4. The van der Waals surface area contributed by atoms with Gasteiger partial charge in [-0.05, 0) is 49.1 Å². The summed E-state index contributed by atoms with van der Waals surface area (Å²) in [5.41, 5.74) is 1.61. The van der Waals surface area contributed by atoms with Crippen molar-refractivity contribution in [2.24, 2.45) is 5.92 Å². The molecule has 152 valence electrons. The van der Waals surface area contributed by atoms with Gasteiger partial charge in [0.15, 0.2) is 0 Å². The van der Waals surface area contributed by atoms with E-state index in [0.29, 0.717) is 23.7 Å². The molecule has 2 aromatic carbocycles. The Balaban J connectivity index is 2.11. The Kier molecular flexibility index (Phi) is 8.05. The van der Waals surface area contributed by atoms with Crippen LogP contribution in [0.25, 0.3) is 0 Å². The van der Waals surface area contributed by atoms with Gasteiger partial charge >= 0.3 is 0 Å². The minimum Gasteiger partial charge on any atom is -0.352 e. The molecule has 2 aromatic rings. The third-order valence-corrected chi connectivity index (χ3v) is 6.27. The third kappa shape index (κ3) is 6.09. The zero-order valence-electron chi connectivity index (χ0n) is 16.9. The Bertz CT molecular complexity index is 880.